The smallest absolute Gasteiger partial charge is 0.146 e. The van der Waals surface area contributed by atoms with Crippen molar-refractivity contribution >= 4 is 0 Å². The van der Waals surface area contributed by atoms with Gasteiger partial charge in [-0.2, -0.15) is 5.26 Å². The minimum absolute atomic E-state index is 0.410. The molecule has 0 bridgehead atoms. The highest BCUT2D eigenvalue weighted by molar-refractivity contribution is 5.25. The maximum absolute atomic E-state index is 9.31. The molecule has 8 atom stereocenters. The van der Waals surface area contributed by atoms with Crippen LogP contribution >= 0.6 is 0 Å². The van der Waals surface area contributed by atoms with Gasteiger partial charge in [-0.25, -0.2) is 0 Å². The second kappa shape index (κ2) is 7.69. The number of nitrogens with zero attached hydrogens (tertiary/aromatic N) is 1. The first kappa shape index (κ1) is 20.1. The molecule has 0 saturated heterocycles. The Labute approximate surface area is 177 Å². The zero-order valence-electron chi connectivity index (χ0n) is 18.5. The van der Waals surface area contributed by atoms with Crippen LogP contribution < -0.4 is 0 Å². The van der Waals surface area contributed by atoms with Gasteiger partial charge in [-0.1, -0.05) is 12.5 Å². The van der Waals surface area contributed by atoms with Gasteiger partial charge in [0, 0.05) is 13.2 Å². The number of ether oxygens (including phenoxy) is 2. The molecule has 29 heavy (non-hydrogen) atoms. The van der Waals surface area contributed by atoms with Gasteiger partial charge in [0.2, 0.25) is 0 Å². The quantitative estimate of drug-likeness (QED) is 0.417. The van der Waals surface area contributed by atoms with E-state index in [1.165, 1.54) is 82.6 Å². The summed E-state index contributed by atoms with van der Waals surface area (Å²) in [4.78, 5) is 0. The van der Waals surface area contributed by atoms with Crippen LogP contribution in [0.1, 0.15) is 84.0 Å². The molecule has 3 unspecified atom stereocenters. The third-order valence-electron chi connectivity index (χ3n) is 10.6. The minimum Gasteiger partial charge on any atom is -0.359 e. The summed E-state index contributed by atoms with van der Waals surface area (Å²) >= 11 is 0. The molecule has 0 amide bonds. The van der Waals surface area contributed by atoms with Gasteiger partial charge in [-0.15, -0.1) is 0 Å². The summed E-state index contributed by atoms with van der Waals surface area (Å²) in [6, 6.07) is 2.38. The second-order valence-electron chi connectivity index (χ2n) is 11.2. The Morgan fingerprint density at radius 2 is 1.97 bits per heavy atom. The summed E-state index contributed by atoms with van der Waals surface area (Å²) < 4.78 is 11.1. The van der Waals surface area contributed by atoms with Crippen molar-refractivity contribution < 1.29 is 9.47 Å². The van der Waals surface area contributed by atoms with Crippen LogP contribution in [-0.4, -0.2) is 20.0 Å². The minimum atomic E-state index is 0.410. The zero-order valence-corrected chi connectivity index (χ0v) is 18.5. The molecule has 0 N–H and O–H groups in total. The monoisotopic (exact) mass is 397 g/mol. The lowest BCUT2D eigenvalue weighted by Gasteiger charge is -2.62. The second-order valence-corrected chi connectivity index (χ2v) is 11.2. The molecule has 5 rings (SSSR count). The number of fused-ring (bicyclic) bond motifs is 4. The molecule has 0 aliphatic heterocycles. The molecule has 0 aromatic rings. The summed E-state index contributed by atoms with van der Waals surface area (Å²) in [5.41, 5.74) is 2.58. The normalized spacial score (nSPS) is 50.2. The standard InChI is InChI=1S/C26H39NO2/c1-25-13-9-20(29-17-28-2)16-19(25)5-6-21-23(25)10-14-26-12-3-4-18(11-15-27)22(26)7-8-24(21)26/h11,19-24H,3-10,12-14,16-17H2,1-2H3/t19-,20+,21?,22+,23?,24?,25-,26+/m0/s1. The molecule has 5 saturated carbocycles. The highest BCUT2D eigenvalue weighted by Crippen LogP contribution is 2.70. The molecule has 0 aromatic carbocycles. The predicted octanol–water partition coefficient (Wildman–Crippen LogP) is 6.25. The lowest BCUT2D eigenvalue weighted by Crippen LogP contribution is -2.55. The Balaban J connectivity index is 1.36. The number of hydrogen-bond acceptors (Lipinski definition) is 3. The van der Waals surface area contributed by atoms with Crippen molar-refractivity contribution in [3.8, 4) is 6.07 Å². The van der Waals surface area contributed by atoms with Crippen molar-refractivity contribution in [1.29, 1.82) is 5.26 Å². The molecule has 0 heterocycles. The van der Waals surface area contributed by atoms with E-state index in [4.69, 9.17) is 9.47 Å². The molecule has 1 spiro atoms. The third-order valence-corrected chi connectivity index (χ3v) is 10.6. The SMILES string of the molecule is COCO[C@@H]1CC[C@]2(C)C3CC[C@]45CCCC(=CC#N)[C@H]4CCC5C3CC[C@H]2C1. The summed E-state index contributed by atoms with van der Waals surface area (Å²) in [6.07, 6.45) is 18.6. The first-order chi connectivity index (χ1) is 14.1. The van der Waals surface area contributed by atoms with Gasteiger partial charge in [0.1, 0.15) is 6.79 Å². The Bertz CT molecular complexity index is 695. The maximum atomic E-state index is 9.31. The molecule has 3 nitrogen and oxygen atoms in total. The van der Waals surface area contributed by atoms with Gasteiger partial charge in [0.25, 0.3) is 0 Å². The summed E-state index contributed by atoms with van der Waals surface area (Å²) in [5.74, 6) is 4.35. The van der Waals surface area contributed by atoms with Gasteiger partial charge in [-0.3, -0.25) is 0 Å². The van der Waals surface area contributed by atoms with E-state index >= 15 is 0 Å². The van der Waals surface area contributed by atoms with E-state index in [2.05, 4.69) is 13.0 Å². The molecule has 3 heteroatoms. The topological polar surface area (TPSA) is 42.2 Å². The van der Waals surface area contributed by atoms with Crippen LogP contribution in [0.3, 0.4) is 0 Å². The summed E-state index contributed by atoms with van der Waals surface area (Å²) in [5, 5.41) is 9.31. The first-order valence-corrected chi connectivity index (χ1v) is 12.3. The first-order valence-electron chi connectivity index (χ1n) is 12.3. The van der Waals surface area contributed by atoms with Crippen LogP contribution in [0, 0.1) is 51.8 Å². The fraction of sp³-hybridized carbons (Fsp3) is 0.885. The van der Waals surface area contributed by atoms with Crippen LogP contribution in [0.4, 0.5) is 0 Å². The number of rotatable bonds is 3. The van der Waals surface area contributed by atoms with Crippen molar-refractivity contribution in [2.24, 2.45) is 40.4 Å². The highest BCUT2D eigenvalue weighted by Gasteiger charge is 2.62. The van der Waals surface area contributed by atoms with Crippen LogP contribution in [0.5, 0.6) is 0 Å². The van der Waals surface area contributed by atoms with Crippen LogP contribution in [0.25, 0.3) is 0 Å². The number of allylic oxidation sites excluding steroid dienone is 2. The van der Waals surface area contributed by atoms with Crippen LogP contribution in [0.15, 0.2) is 11.6 Å². The van der Waals surface area contributed by atoms with E-state index in [0.29, 0.717) is 23.7 Å². The average molecular weight is 398 g/mol. The van der Waals surface area contributed by atoms with Crippen LogP contribution in [-0.2, 0) is 9.47 Å². The molecule has 160 valence electrons. The van der Waals surface area contributed by atoms with Crippen molar-refractivity contribution in [2.45, 2.75) is 90.1 Å². The van der Waals surface area contributed by atoms with Gasteiger partial charge < -0.3 is 9.47 Å². The highest BCUT2D eigenvalue weighted by atomic mass is 16.7. The Hall–Kier alpha value is -0.850. The number of hydrogen-bond donors (Lipinski definition) is 0. The van der Waals surface area contributed by atoms with Gasteiger partial charge in [-0.05, 0) is 117 Å². The van der Waals surface area contributed by atoms with Crippen molar-refractivity contribution in [3.05, 3.63) is 11.6 Å². The van der Waals surface area contributed by atoms with Crippen molar-refractivity contribution in [3.63, 3.8) is 0 Å². The van der Waals surface area contributed by atoms with Gasteiger partial charge in [0.15, 0.2) is 0 Å². The van der Waals surface area contributed by atoms with E-state index in [0.717, 1.165) is 29.6 Å². The summed E-state index contributed by atoms with van der Waals surface area (Å²) in [6.45, 7) is 3.10. The van der Waals surface area contributed by atoms with Crippen molar-refractivity contribution in [2.75, 3.05) is 13.9 Å². The Morgan fingerprint density at radius 3 is 2.79 bits per heavy atom. The molecule has 0 radical (unpaired) electrons. The molecule has 0 aromatic heterocycles. The fourth-order valence-corrected chi connectivity index (χ4v) is 9.44. The lowest BCUT2D eigenvalue weighted by atomic mass is 9.43. The Morgan fingerprint density at radius 1 is 1.07 bits per heavy atom. The largest absolute Gasteiger partial charge is 0.359 e. The molecule has 5 aliphatic carbocycles. The molecular weight excluding hydrogens is 358 g/mol. The van der Waals surface area contributed by atoms with E-state index in [9.17, 15) is 5.26 Å². The lowest BCUT2D eigenvalue weighted by molar-refractivity contribution is -0.155. The number of methoxy groups -OCH3 is 1. The van der Waals surface area contributed by atoms with E-state index in [1.54, 1.807) is 7.11 Å². The average Bonchev–Trinajstić information content (AvgIpc) is 3.13. The zero-order chi connectivity index (χ0) is 20.1. The van der Waals surface area contributed by atoms with E-state index in [1.807, 2.05) is 6.08 Å². The van der Waals surface area contributed by atoms with Gasteiger partial charge in [0.05, 0.1) is 12.2 Å². The number of nitriles is 1. The van der Waals surface area contributed by atoms with Crippen LogP contribution in [0.2, 0.25) is 0 Å². The van der Waals surface area contributed by atoms with Gasteiger partial charge >= 0.3 is 0 Å². The maximum Gasteiger partial charge on any atom is 0.146 e. The Kier molecular flexibility index (Phi) is 5.32. The molecule has 5 aliphatic rings. The van der Waals surface area contributed by atoms with E-state index < -0.39 is 0 Å². The molecule has 5 fully saturated rings. The summed E-state index contributed by atoms with van der Waals surface area (Å²) in [7, 11) is 1.73. The van der Waals surface area contributed by atoms with Crippen molar-refractivity contribution in [1.82, 2.24) is 0 Å². The van der Waals surface area contributed by atoms with E-state index in [-0.39, 0.29) is 0 Å². The predicted molar refractivity (Wildman–Crippen MR) is 114 cm³/mol. The fourth-order valence-electron chi connectivity index (χ4n) is 9.44. The molecular formula is C26H39NO2. The third kappa shape index (κ3) is 3.04.